The molecule has 0 N–H and O–H groups in total. The van der Waals surface area contributed by atoms with Gasteiger partial charge in [0.05, 0.1) is 6.61 Å². The molecule has 0 rings (SSSR count). The molecule has 0 amide bonds. The van der Waals surface area contributed by atoms with Crippen LogP contribution >= 0.6 is 11.6 Å². The smallest absolute Gasteiger partial charge is 0.332 e. The van der Waals surface area contributed by atoms with E-state index in [1.165, 1.54) is 7.11 Å². The molecule has 0 heterocycles. The Labute approximate surface area is 80.9 Å². The number of rotatable bonds is 7. The van der Waals surface area contributed by atoms with Gasteiger partial charge in [-0.1, -0.05) is 0 Å². The van der Waals surface area contributed by atoms with Crippen LogP contribution in [0.4, 0.5) is 0 Å². The average Bonchev–Trinajstić information content (AvgIpc) is 2.04. The van der Waals surface area contributed by atoms with Crippen LogP contribution in [0.1, 0.15) is 0 Å². The Kier molecular flexibility index (Phi) is 7.57. The molecule has 76 valence electrons. The fourth-order valence-electron chi connectivity index (χ4n) is 0.495. The number of esters is 1. The van der Waals surface area contributed by atoms with Crippen molar-refractivity contribution in [3.8, 4) is 0 Å². The molecule has 0 unspecified atom stereocenters. The molecular formula is C7H11ClO5. The summed E-state index contributed by atoms with van der Waals surface area (Å²) >= 11 is 4.95. The lowest BCUT2D eigenvalue weighted by Gasteiger charge is -2.03. The zero-order chi connectivity index (χ0) is 10.1. The Morgan fingerprint density at radius 2 is 1.92 bits per heavy atom. The first-order valence-electron chi connectivity index (χ1n) is 3.57. The minimum atomic E-state index is -0.648. The molecule has 6 heteroatoms. The summed E-state index contributed by atoms with van der Waals surface area (Å²) in [6.07, 6.45) is 0. The van der Waals surface area contributed by atoms with Crippen LogP contribution in [0.2, 0.25) is 0 Å². The Morgan fingerprint density at radius 1 is 1.23 bits per heavy atom. The predicted octanol–water partition coefficient (Wildman–Crippen LogP) is -0.0420. The molecule has 0 aromatic carbocycles. The Morgan fingerprint density at radius 3 is 2.46 bits per heavy atom. The Bertz CT molecular complexity index is 170. The maximum Gasteiger partial charge on any atom is 0.332 e. The summed E-state index contributed by atoms with van der Waals surface area (Å²) in [5.74, 6) is -0.546. The van der Waals surface area contributed by atoms with E-state index in [0.717, 1.165) is 0 Å². The molecule has 0 aliphatic heterocycles. The molecule has 0 bridgehead atoms. The third-order valence-electron chi connectivity index (χ3n) is 0.986. The SMILES string of the molecule is COCCOC(=O)COCC(=O)Cl. The highest BCUT2D eigenvalue weighted by atomic mass is 35.5. The van der Waals surface area contributed by atoms with Crippen LogP contribution in [-0.2, 0) is 23.8 Å². The monoisotopic (exact) mass is 210 g/mol. The van der Waals surface area contributed by atoms with E-state index < -0.39 is 11.2 Å². The minimum Gasteiger partial charge on any atom is -0.462 e. The number of hydrogen-bond donors (Lipinski definition) is 0. The van der Waals surface area contributed by atoms with E-state index in [1.807, 2.05) is 0 Å². The highest BCUT2D eigenvalue weighted by Gasteiger charge is 2.03. The molecule has 0 saturated carbocycles. The van der Waals surface area contributed by atoms with Crippen LogP contribution in [0.25, 0.3) is 0 Å². The Hall–Kier alpha value is -0.650. The third kappa shape index (κ3) is 9.26. The summed E-state index contributed by atoms with van der Waals surface area (Å²) in [6.45, 7) is -0.0587. The van der Waals surface area contributed by atoms with Crippen molar-refractivity contribution in [1.82, 2.24) is 0 Å². The molecule has 0 aliphatic carbocycles. The lowest BCUT2D eigenvalue weighted by atomic mass is 10.7. The fraction of sp³-hybridized carbons (Fsp3) is 0.714. The van der Waals surface area contributed by atoms with E-state index in [4.69, 9.17) is 11.6 Å². The highest BCUT2D eigenvalue weighted by molar-refractivity contribution is 6.63. The molecule has 0 atom stereocenters. The van der Waals surface area contributed by atoms with Gasteiger partial charge in [-0.05, 0) is 11.6 Å². The van der Waals surface area contributed by atoms with Crippen LogP contribution in [0.15, 0.2) is 0 Å². The van der Waals surface area contributed by atoms with Gasteiger partial charge in [0.25, 0.3) is 0 Å². The minimum absolute atomic E-state index is 0.174. The molecular weight excluding hydrogens is 200 g/mol. The van der Waals surface area contributed by atoms with Gasteiger partial charge < -0.3 is 14.2 Å². The number of ether oxygens (including phenoxy) is 3. The van der Waals surface area contributed by atoms with E-state index in [-0.39, 0.29) is 19.8 Å². The van der Waals surface area contributed by atoms with E-state index in [0.29, 0.717) is 6.61 Å². The molecule has 0 spiro atoms. The third-order valence-corrected chi connectivity index (χ3v) is 1.10. The summed E-state index contributed by atoms with van der Waals surface area (Å²) in [5, 5.41) is -0.648. The van der Waals surface area contributed by atoms with Crippen molar-refractivity contribution >= 4 is 22.8 Å². The van der Waals surface area contributed by atoms with Crippen molar-refractivity contribution in [3.63, 3.8) is 0 Å². The second kappa shape index (κ2) is 7.97. The van der Waals surface area contributed by atoms with Crippen LogP contribution < -0.4 is 0 Å². The number of halogens is 1. The van der Waals surface area contributed by atoms with Crippen molar-refractivity contribution in [3.05, 3.63) is 0 Å². The van der Waals surface area contributed by atoms with Crippen LogP contribution in [0.5, 0.6) is 0 Å². The van der Waals surface area contributed by atoms with Gasteiger partial charge in [-0.15, -0.1) is 0 Å². The first-order chi connectivity index (χ1) is 6.16. The van der Waals surface area contributed by atoms with Gasteiger partial charge in [0.15, 0.2) is 0 Å². The highest BCUT2D eigenvalue weighted by Crippen LogP contribution is 1.85. The van der Waals surface area contributed by atoms with Gasteiger partial charge in [-0.2, -0.15) is 0 Å². The summed E-state index contributed by atoms with van der Waals surface area (Å²) in [4.78, 5) is 20.9. The number of carbonyl (C=O) groups is 2. The fourth-order valence-corrected chi connectivity index (χ4v) is 0.572. The maximum atomic E-state index is 10.7. The summed E-state index contributed by atoms with van der Waals surface area (Å²) in [6, 6.07) is 0. The molecule has 0 aromatic rings. The quantitative estimate of drug-likeness (QED) is 0.335. The molecule has 0 aromatic heterocycles. The molecule has 5 nitrogen and oxygen atoms in total. The van der Waals surface area contributed by atoms with Gasteiger partial charge in [-0.3, -0.25) is 4.79 Å². The second-order valence-electron chi connectivity index (χ2n) is 2.06. The normalized spacial score (nSPS) is 9.69. The van der Waals surface area contributed by atoms with Crippen molar-refractivity contribution in [2.75, 3.05) is 33.5 Å². The zero-order valence-electron chi connectivity index (χ0n) is 7.25. The largest absolute Gasteiger partial charge is 0.462 e. The van der Waals surface area contributed by atoms with Crippen molar-refractivity contribution in [2.24, 2.45) is 0 Å². The van der Waals surface area contributed by atoms with Crippen molar-refractivity contribution in [2.45, 2.75) is 0 Å². The van der Waals surface area contributed by atoms with Crippen molar-refractivity contribution in [1.29, 1.82) is 0 Å². The van der Waals surface area contributed by atoms with Gasteiger partial charge in [-0.25, -0.2) is 4.79 Å². The standard InChI is InChI=1S/C7H11ClO5/c1-11-2-3-13-7(10)5-12-4-6(8)9/h2-5H2,1H3. The number of methoxy groups -OCH3 is 1. The molecule has 13 heavy (non-hydrogen) atoms. The first kappa shape index (κ1) is 12.3. The average molecular weight is 211 g/mol. The van der Waals surface area contributed by atoms with E-state index in [1.54, 1.807) is 0 Å². The topological polar surface area (TPSA) is 61.8 Å². The molecule has 0 radical (unpaired) electrons. The summed E-state index contributed by atoms with van der Waals surface area (Å²) < 4.78 is 13.9. The van der Waals surface area contributed by atoms with E-state index in [2.05, 4.69) is 14.2 Å². The molecule has 0 aliphatic rings. The maximum absolute atomic E-state index is 10.7. The van der Waals surface area contributed by atoms with Crippen LogP contribution in [0.3, 0.4) is 0 Å². The van der Waals surface area contributed by atoms with E-state index in [9.17, 15) is 9.59 Å². The lowest BCUT2D eigenvalue weighted by molar-refractivity contribution is -0.150. The van der Waals surface area contributed by atoms with Crippen molar-refractivity contribution < 1.29 is 23.8 Å². The molecule has 0 saturated heterocycles. The van der Waals surface area contributed by atoms with E-state index >= 15 is 0 Å². The predicted molar refractivity (Wildman–Crippen MR) is 44.5 cm³/mol. The van der Waals surface area contributed by atoms with Gasteiger partial charge in [0, 0.05) is 7.11 Å². The zero-order valence-corrected chi connectivity index (χ0v) is 8.00. The van der Waals surface area contributed by atoms with Gasteiger partial charge >= 0.3 is 5.97 Å². The Balaban J connectivity index is 3.25. The van der Waals surface area contributed by atoms with Crippen LogP contribution in [-0.4, -0.2) is 44.7 Å². The van der Waals surface area contributed by atoms with Gasteiger partial charge in [0.1, 0.15) is 19.8 Å². The first-order valence-corrected chi connectivity index (χ1v) is 3.95. The lowest BCUT2D eigenvalue weighted by Crippen LogP contribution is -2.17. The number of hydrogen-bond acceptors (Lipinski definition) is 5. The van der Waals surface area contributed by atoms with Crippen LogP contribution in [0, 0.1) is 0 Å². The summed E-state index contributed by atoms with van der Waals surface area (Å²) in [5.41, 5.74) is 0. The summed E-state index contributed by atoms with van der Waals surface area (Å²) in [7, 11) is 1.50. The number of carbonyl (C=O) groups excluding carboxylic acids is 2. The second-order valence-corrected chi connectivity index (χ2v) is 2.48. The van der Waals surface area contributed by atoms with Gasteiger partial charge in [0.2, 0.25) is 5.24 Å². The molecule has 0 fully saturated rings.